The lowest BCUT2D eigenvalue weighted by Crippen LogP contribution is -2.41. The van der Waals surface area contributed by atoms with Crippen LogP contribution in [0.1, 0.15) is 26.5 Å². The molecule has 0 aliphatic carbocycles. The monoisotopic (exact) mass is 321 g/mol. The fourth-order valence-corrected chi connectivity index (χ4v) is 2.54. The zero-order valence-electron chi connectivity index (χ0n) is 11.5. The van der Waals surface area contributed by atoms with E-state index in [1.165, 1.54) is 15.6 Å². The molecule has 1 aromatic heterocycles. The van der Waals surface area contributed by atoms with Crippen molar-refractivity contribution < 1.29 is 17.9 Å². The average molecular weight is 322 g/mol. The standard InChI is InChI=1S/C11H16ClN3O4S/c1-11(2,3)19-10(16)14-4-5-15-8(7-14)6-9(13-15)20(12,17)18/h6H,4-5,7H2,1-3H3. The van der Waals surface area contributed by atoms with Crippen LogP contribution in [0.5, 0.6) is 0 Å². The summed E-state index contributed by atoms with van der Waals surface area (Å²) in [6.45, 7) is 6.42. The van der Waals surface area contributed by atoms with E-state index in [1.807, 2.05) is 0 Å². The summed E-state index contributed by atoms with van der Waals surface area (Å²) in [5.74, 6) is 0. The van der Waals surface area contributed by atoms with Crippen LogP contribution in [-0.2, 0) is 26.9 Å². The molecular formula is C11H16ClN3O4S. The molecule has 20 heavy (non-hydrogen) atoms. The second kappa shape index (κ2) is 4.92. The minimum atomic E-state index is -3.86. The highest BCUT2D eigenvalue weighted by atomic mass is 35.7. The van der Waals surface area contributed by atoms with E-state index in [4.69, 9.17) is 15.4 Å². The molecule has 0 saturated heterocycles. The van der Waals surface area contributed by atoms with E-state index in [2.05, 4.69) is 5.10 Å². The van der Waals surface area contributed by atoms with E-state index in [9.17, 15) is 13.2 Å². The third-order valence-corrected chi connectivity index (χ3v) is 3.85. The Balaban J connectivity index is 2.15. The molecule has 0 saturated carbocycles. The first-order valence-corrected chi connectivity index (χ1v) is 8.36. The number of hydrogen-bond donors (Lipinski definition) is 0. The quantitative estimate of drug-likeness (QED) is 0.733. The molecule has 2 heterocycles. The topological polar surface area (TPSA) is 81.5 Å². The lowest BCUT2D eigenvalue weighted by molar-refractivity contribution is 0.0194. The van der Waals surface area contributed by atoms with Gasteiger partial charge in [-0.1, -0.05) is 0 Å². The summed E-state index contributed by atoms with van der Waals surface area (Å²) < 4.78 is 29.3. The van der Waals surface area contributed by atoms with E-state index in [0.717, 1.165) is 0 Å². The van der Waals surface area contributed by atoms with Crippen molar-refractivity contribution in [2.45, 2.75) is 44.5 Å². The molecule has 0 aromatic carbocycles. The van der Waals surface area contributed by atoms with E-state index in [-0.39, 0.29) is 11.6 Å². The number of carbonyl (C=O) groups excluding carboxylic acids is 1. The lowest BCUT2D eigenvalue weighted by Gasteiger charge is -2.30. The summed E-state index contributed by atoms with van der Waals surface area (Å²) in [4.78, 5) is 13.5. The smallest absolute Gasteiger partial charge is 0.410 e. The normalized spacial score (nSPS) is 15.9. The van der Waals surface area contributed by atoms with Gasteiger partial charge in [-0.05, 0) is 20.8 Å². The Kier molecular flexibility index (Phi) is 3.72. The van der Waals surface area contributed by atoms with Gasteiger partial charge >= 0.3 is 6.09 Å². The number of fused-ring (bicyclic) bond motifs is 1. The van der Waals surface area contributed by atoms with Crippen molar-refractivity contribution in [1.82, 2.24) is 14.7 Å². The molecule has 1 aromatic rings. The zero-order chi connectivity index (χ0) is 15.1. The van der Waals surface area contributed by atoms with Crippen molar-refractivity contribution in [3.05, 3.63) is 11.8 Å². The predicted octanol–water partition coefficient (Wildman–Crippen LogP) is 1.56. The molecular weight excluding hydrogens is 306 g/mol. The molecule has 112 valence electrons. The molecule has 1 amide bonds. The van der Waals surface area contributed by atoms with Crippen molar-refractivity contribution in [1.29, 1.82) is 0 Å². The first kappa shape index (κ1) is 15.1. The molecule has 2 rings (SSSR count). The highest BCUT2D eigenvalue weighted by Gasteiger charge is 2.28. The maximum absolute atomic E-state index is 12.0. The van der Waals surface area contributed by atoms with E-state index >= 15 is 0 Å². The first-order chi connectivity index (χ1) is 9.06. The lowest BCUT2D eigenvalue weighted by atomic mass is 10.2. The van der Waals surface area contributed by atoms with Crippen LogP contribution < -0.4 is 0 Å². The molecule has 0 N–H and O–H groups in total. The van der Waals surface area contributed by atoms with Crippen molar-refractivity contribution in [3.63, 3.8) is 0 Å². The van der Waals surface area contributed by atoms with Gasteiger partial charge in [0, 0.05) is 23.3 Å². The van der Waals surface area contributed by atoms with Crippen LogP contribution in [0.4, 0.5) is 4.79 Å². The molecule has 9 heteroatoms. The van der Waals surface area contributed by atoms with Crippen LogP contribution in [0.2, 0.25) is 0 Å². The van der Waals surface area contributed by atoms with Crippen molar-refractivity contribution in [3.8, 4) is 0 Å². The average Bonchev–Trinajstić information content (AvgIpc) is 2.68. The Morgan fingerprint density at radius 3 is 2.60 bits per heavy atom. The molecule has 0 radical (unpaired) electrons. The maximum atomic E-state index is 12.0. The van der Waals surface area contributed by atoms with Gasteiger partial charge in [0.05, 0.1) is 18.8 Å². The van der Waals surface area contributed by atoms with Crippen LogP contribution >= 0.6 is 10.7 Å². The summed E-state index contributed by atoms with van der Waals surface area (Å²) in [6.07, 6.45) is -0.430. The number of carbonyl (C=O) groups is 1. The molecule has 0 bridgehead atoms. The summed E-state index contributed by atoms with van der Waals surface area (Å²) in [5, 5.41) is 3.71. The number of amides is 1. The summed E-state index contributed by atoms with van der Waals surface area (Å²) in [5.41, 5.74) is 0.0423. The fourth-order valence-electron chi connectivity index (χ4n) is 1.84. The minimum Gasteiger partial charge on any atom is -0.444 e. The number of hydrogen-bond acceptors (Lipinski definition) is 5. The van der Waals surface area contributed by atoms with Gasteiger partial charge in [-0.25, -0.2) is 13.2 Å². The van der Waals surface area contributed by atoms with Crippen LogP contribution in [0, 0.1) is 0 Å². The second-order valence-electron chi connectivity index (χ2n) is 5.54. The Labute approximate surface area is 121 Å². The molecule has 0 unspecified atom stereocenters. The number of aromatic nitrogens is 2. The molecule has 0 atom stereocenters. The van der Waals surface area contributed by atoms with Gasteiger partial charge < -0.3 is 9.64 Å². The molecule has 0 spiro atoms. The Morgan fingerprint density at radius 2 is 2.05 bits per heavy atom. The van der Waals surface area contributed by atoms with Gasteiger partial charge in [0.2, 0.25) is 0 Å². The van der Waals surface area contributed by atoms with E-state index < -0.39 is 20.7 Å². The third kappa shape index (κ3) is 3.43. The Morgan fingerprint density at radius 1 is 1.40 bits per heavy atom. The van der Waals surface area contributed by atoms with Gasteiger partial charge in [-0.2, -0.15) is 5.10 Å². The molecule has 7 nitrogen and oxygen atoms in total. The maximum Gasteiger partial charge on any atom is 0.410 e. The van der Waals surface area contributed by atoms with Gasteiger partial charge in [0.15, 0.2) is 5.03 Å². The van der Waals surface area contributed by atoms with Crippen LogP contribution in [0.3, 0.4) is 0 Å². The molecule has 1 aliphatic heterocycles. The number of rotatable bonds is 1. The Hall–Kier alpha value is -1.28. The zero-order valence-corrected chi connectivity index (χ0v) is 13.0. The molecule has 0 fully saturated rings. The van der Waals surface area contributed by atoms with Crippen molar-refractivity contribution in [2.75, 3.05) is 6.54 Å². The van der Waals surface area contributed by atoms with Gasteiger partial charge in [-0.3, -0.25) is 4.68 Å². The number of halogens is 1. The van der Waals surface area contributed by atoms with Gasteiger partial charge in [0.25, 0.3) is 9.05 Å². The SMILES string of the molecule is CC(C)(C)OC(=O)N1CCn2nc(S(=O)(=O)Cl)cc2C1. The first-order valence-electron chi connectivity index (χ1n) is 6.05. The van der Waals surface area contributed by atoms with Crippen LogP contribution in [-0.4, -0.2) is 41.3 Å². The highest BCUT2D eigenvalue weighted by molar-refractivity contribution is 8.13. The van der Waals surface area contributed by atoms with E-state index in [1.54, 1.807) is 20.8 Å². The van der Waals surface area contributed by atoms with Crippen molar-refractivity contribution >= 4 is 25.8 Å². The predicted molar refractivity (Wildman–Crippen MR) is 71.9 cm³/mol. The number of nitrogens with zero attached hydrogens (tertiary/aromatic N) is 3. The fraction of sp³-hybridized carbons (Fsp3) is 0.636. The van der Waals surface area contributed by atoms with Crippen LogP contribution in [0.25, 0.3) is 0 Å². The van der Waals surface area contributed by atoms with Crippen molar-refractivity contribution in [2.24, 2.45) is 0 Å². The van der Waals surface area contributed by atoms with Crippen LogP contribution in [0.15, 0.2) is 11.1 Å². The van der Waals surface area contributed by atoms with Gasteiger partial charge in [-0.15, -0.1) is 0 Å². The van der Waals surface area contributed by atoms with Gasteiger partial charge in [0.1, 0.15) is 5.60 Å². The molecule has 1 aliphatic rings. The Bertz CT molecular complexity index is 633. The summed E-state index contributed by atoms with van der Waals surface area (Å²) in [6, 6.07) is 1.37. The minimum absolute atomic E-state index is 0.194. The number of ether oxygens (including phenoxy) is 1. The largest absolute Gasteiger partial charge is 0.444 e. The highest BCUT2D eigenvalue weighted by Crippen LogP contribution is 2.20. The third-order valence-electron chi connectivity index (χ3n) is 2.68. The van der Waals surface area contributed by atoms with E-state index in [0.29, 0.717) is 18.8 Å². The summed E-state index contributed by atoms with van der Waals surface area (Å²) in [7, 11) is 1.40. The summed E-state index contributed by atoms with van der Waals surface area (Å²) >= 11 is 0. The second-order valence-corrected chi connectivity index (χ2v) is 8.05.